The molecule has 17 nitrogen and oxygen atoms in total. The number of hydrogen-bond acceptors (Lipinski definition) is 14. The molecule has 0 spiro atoms. The summed E-state index contributed by atoms with van der Waals surface area (Å²) in [6.45, 7) is 13.3. The number of nitrogens with zero attached hydrogens (tertiary/aromatic N) is 7. The fourth-order valence-electron chi connectivity index (χ4n) is 9.20. The number of amides is 4. The van der Waals surface area contributed by atoms with Crippen molar-refractivity contribution in [2.24, 2.45) is 10.4 Å². The predicted octanol–water partition coefficient (Wildman–Crippen LogP) is 6.93. The number of hydrogen-bond donors (Lipinski definition) is 4. The number of carbonyl (C=O) groups excluding carboxylic acids is 4. The molecule has 1 saturated carbocycles. The van der Waals surface area contributed by atoms with Gasteiger partial charge in [0.05, 0.1) is 40.5 Å². The fraction of sp³-hybridized carbons (Fsp3) is 0.404. The van der Waals surface area contributed by atoms with Gasteiger partial charge in [-0.25, -0.2) is 9.97 Å². The highest BCUT2D eigenvalue weighted by atomic mass is 35.5. The van der Waals surface area contributed by atoms with Crippen molar-refractivity contribution in [3.8, 4) is 27.1 Å². The number of β-amino-alcohol motifs (C(OH)–C–C–N with tert-alkyl or cyclic N) is 1. The normalized spacial score (nSPS) is 19.8. The van der Waals surface area contributed by atoms with Crippen LogP contribution in [0, 0.1) is 33.1 Å². The highest BCUT2D eigenvalue weighted by molar-refractivity contribution is 7.15. The Balaban J connectivity index is 0.744. The molecule has 4 atom stereocenters. The van der Waals surface area contributed by atoms with Crippen LogP contribution in [-0.2, 0) is 25.7 Å². The van der Waals surface area contributed by atoms with Crippen LogP contribution in [0.15, 0.2) is 77.4 Å². The zero-order valence-corrected chi connectivity index (χ0v) is 43.5. The number of pyridine rings is 1. The highest BCUT2D eigenvalue weighted by Crippen LogP contribution is 2.40. The summed E-state index contributed by atoms with van der Waals surface area (Å²) in [7, 11) is 0. The number of aryl methyl sites for hydroxylation is 3. The quantitative estimate of drug-likeness (QED) is 0.0828. The molecule has 2 fully saturated rings. The summed E-state index contributed by atoms with van der Waals surface area (Å²) in [4.78, 5) is 72.1. The van der Waals surface area contributed by atoms with Gasteiger partial charge < -0.3 is 35.4 Å². The third-order valence-electron chi connectivity index (χ3n) is 13.3. The molecule has 72 heavy (non-hydrogen) atoms. The highest BCUT2D eigenvalue weighted by Gasteiger charge is 2.45. The molecule has 0 radical (unpaired) electrons. The van der Waals surface area contributed by atoms with Crippen LogP contribution in [0.4, 0.5) is 0 Å². The van der Waals surface area contributed by atoms with Gasteiger partial charge in [0, 0.05) is 65.5 Å². The SMILES string of the molecule is Cc1ncsc1-c1ccc(CNC(=O)[C@@H]2C[C@@H](O)CN2C(=O)[C@@H](NC(=O)COc2ccc(O[C@H]3C[C@@H](NC(=O)C[C@@H]4N=C(c5ccc(Cl)cc5)c5c(sc(C)c5C)-n5c(C)nnc54)C3)nc2)C(C)(C)C)cc1. The Kier molecular flexibility index (Phi) is 14.6. The molecule has 4 aromatic heterocycles. The molecule has 4 amide bonds. The number of fused-ring (bicyclic) bond motifs is 3. The zero-order chi connectivity index (χ0) is 51.0. The molecule has 20 heteroatoms. The van der Waals surface area contributed by atoms with Gasteiger partial charge in [-0.1, -0.05) is 68.8 Å². The van der Waals surface area contributed by atoms with Gasteiger partial charge in [0.25, 0.3) is 5.91 Å². The molecule has 0 bridgehead atoms. The van der Waals surface area contributed by atoms with Gasteiger partial charge in [0.1, 0.15) is 40.8 Å². The first-order chi connectivity index (χ1) is 34.4. The largest absolute Gasteiger partial charge is 0.482 e. The Bertz CT molecular complexity index is 3010. The number of carbonyl (C=O) groups is 4. The molecule has 1 aliphatic carbocycles. The molecule has 376 valence electrons. The average Bonchev–Trinajstić information content (AvgIpc) is 4.11. The average molecular weight is 1030 g/mol. The van der Waals surface area contributed by atoms with Gasteiger partial charge in [0.15, 0.2) is 12.4 Å². The van der Waals surface area contributed by atoms with Crippen molar-refractivity contribution in [1.29, 1.82) is 0 Å². The number of thiophene rings is 1. The second kappa shape index (κ2) is 20.9. The topological polar surface area (TPSA) is 215 Å². The number of thiazole rings is 1. The second-order valence-electron chi connectivity index (χ2n) is 19.6. The van der Waals surface area contributed by atoms with Crippen LogP contribution in [0.25, 0.3) is 15.4 Å². The molecule has 6 aromatic rings. The Morgan fingerprint density at radius 2 is 1.65 bits per heavy atom. The van der Waals surface area contributed by atoms with Crippen LogP contribution in [0.5, 0.6) is 11.6 Å². The van der Waals surface area contributed by atoms with Crippen LogP contribution in [0.2, 0.25) is 5.02 Å². The zero-order valence-electron chi connectivity index (χ0n) is 41.1. The molecule has 3 aliphatic rings. The standard InChI is InChI=1S/C52H57ClN10O7S2/c1-27-29(3)72-51-44(27)45(32-12-14-34(53)15-13-32)58-39(48-61-60-30(4)63(48)51)21-41(65)57-35-18-38(19-35)70-43-17-16-37(23-54-43)69-25-42(66)59-47(52(5,6)7)50(68)62-24-36(64)20-40(62)49(67)55-22-31-8-10-33(11-9-31)46-28(2)56-26-71-46/h8-17,23,26,35-36,38-40,47,64H,18-22,24-25H2,1-7H3,(H,55,67)(H,57,65)(H,59,66)/t35-,36-,38+,39+,40+,47-/m1/s1. The maximum Gasteiger partial charge on any atom is 0.258 e. The van der Waals surface area contributed by atoms with E-state index >= 15 is 0 Å². The lowest BCUT2D eigenvalue weighted by Crippen LogP contribution is -2.58. The van der Waals surface area contributed by atoms with Crippen LogP contribution < -0.4 is 25.4 Å². The number of aliphatic hydroxyl groups excluding tert-OH is 1. The maximum absolute atomic E-state index is 14.1. The molecular weight excluding hydrogens is 976 g/mol. The summed E-state index contributed by atoms with van der Waals surface area (Å²) in [6, 6.07) is 16.1. The number of aliphatic imine (C=N–C) groups is 1. The van der Waals surface area contributed by atoms with Crippen molar-refractivity contribution in [2.75, 3.05) is 13.2 Å². The summed E-state index contributed by atoms with van der Waals surface area (Å²) in [5, 5.41) is 30.0. The predicted molar refractivity (Wildman–Crippen MR) is 275 cm³/mol. The Hall–Kier alpha value is -6.54. The van der Waals surface area contributed by atoms with E-state index in [1.165, 1.54) is 11.1 Å². The van der Waals surface area contributed by atoms with Crippen LogP contribution in [-0.4, -0.2) is 108 Å². The van der Waals surface area contributed by atoms with E-state index in [9.17, 15) is 24.3 Å². The molecule has 2 aromatic carbocycles. The smallest absolute Gasteiger partial charge is 0.258 e. The van der Waals surface area contributed by atoms with E-state index in [-0.39, 0.29) is 49.9 Å². The number of halogens is 1. The molecule has 1 saturated heterocycles. The second-order valence-corrected chi connectivity index (χ2v) is 22.1. The first-order valence-electron chi connectivity index (χ1n) is 23.9. The van der Waals surface area contributed by atoms with Gasteiger partial charge >= 0.3 is 0 Å². The van der Waals surface area contributed by atoms with Crippen LogP contribution >= 0.6 is 34.3 Å². The summed E-state index contributed by atoms with van der Waals surface area (Å²) >= 11 is 9.48. The van der Waals surface area contributed by atoms with Gasteiger partial charge in [0.2, 0.25) is 23.6 Å². The van der Waals surface area contributed by atoms with Crippen molar-refractivity contribution in [1.82, 2.24) is 45.6 Å². The van der Waals surface area contributed by atoms with E-state index < -0.39 is 48.1 Å². The van der Waals surface area contributed by atoms with Gasteiger partial charge in [-0.3, -0.25) is 28.7 Å². The van der Waals surface area contributed by atoms with E-state index in [1.54, 1.807) is 34.8 Å². The van der Waals surface area contributed by atoms with E-state index in [2.05, 4.69) is 50.0 Å². The van der Waals surface area contributed by atoms with Crippen molar-refractivity contribution in [3.63, 3.8) is 0 Å². The third-order valence-corrected chi connectivity index (χ3v) is 15.7. The molecule has 4 N–H and O–H groups in total. The molecular formula is C52H57ClN10O7S2. The van der Waals surface area contributed by atoms with Crippen LogP contribution in [0.3, 0.4) is 0 Å². The molecule has 0 unspecified atom stereocenters. The number of aromatic nitrogens is 5. The molecule has 2 aliphatic heterocycles. The van der Waals surface area contributed by atoms with Gasteiger partial charge in [-0.15, -0.1) is 32.9 Å². The van der Waals surface area contributed by atoms with Crippen molar-refractivity contribution in [2.45, 2.75) is 117 Å². The Morgan fingerprint density at radius 1 is 0.917 bits per heavy atom. The van der Waals surface area contributed by atoms with E-state index in [0.29, 0.717) is 35.3 Å². The summed E-state index contributed by atoms with van der Waals surface area (Å²) in [5.74, 6) is 0.440. The molecule has 6 heterocycles. The number of rotatable bonds is 15. The lowest BCUT2D eigenvalue weighted by Gasteiger charge is -2.35. The lowest BCUT2D eigenvalue weighted by molar-refractivity contribution is -0.144. The summed E-state index contributed by atoms with van der Waals surface area (Å²) in [5.41, 5.74) is 7.74. The minimum Gasteiger partial charge on any atom is -0.482 e. The third kappa shape index (κ3) is 10.9. The minimum atomic E-state index is -1.02. The maximum atomic E-state index is 14.1. The Morgan fingerprint density at radius 3 is 2.33 bits per heavy atom. The number of likely N-dealkylation sites (tertiary alicyclic amines) is 1. The van der Waals surface area contributed by atoms with Crippen molar-refractivity contribution < 1.29 is 33.8 Å². The van der Waals surface area contributed by atoms with Gasteiger partial charge in [-0.2, -0.15) is 0 Å². The fourth-order valence-corrected chi connectivity index (χ4v) is 11.4. The van der Waals surface area contributed by atoms with Gasteiger partial charge in [-0.05, 0) is 68.0 Å². The monoisotopic (exact) mass is 1030 g/mol. The first-order valence-corrected chi connectivity index (χ1v) is 25.9. The minimum absolute atomic E-state index is 0.0415. The number of benzene rings is 2. The summed E-state index contributed by atoms with van der Waals surface area (Å²) in [6.07, 6.45) is 1.70. The van der Waals surface area contributed by atoms with Crippen molar-refractivity contribution >= 4 is 63.6 Å². The number of ether oxygens (including phenoxy) is 2. The van der Waals surface area contributed by atoms with E-state index in [0.717, 1.165) is 59.8 Å². The number of nitrogens with one attached hydrogen (secondary N) is 3. The van der Waals surface area contributed by atoms with Crippen LogP contribution in [0.1, 0.15) is 97.0 Å². The van der Waals surface area contributed by atoms with E-state index in [4.69, 9.17) is 26.1 Å². The van der Waals surface area contributed by atoms with Crippen molar-refractivity contribution in [3.05, 3.63) is 122 Å². The molecule has 9 rings (SSSR count). The van der Waals surface area contributed by atoms with E-state index in [1.807, 2.05) is 93.2 Å². The number of aliphatic hydroxyl groups is 1. The summed E-state index contributed by atoms with van der Waals surface area (Å²) < 4.78 is 13.9. The Labute approximate surface area is 430 Å². The lowest BCUT2D eigenvalue weighted by atomic mass is 9.85. The first kappa shape index (κ1) is 50.4.